The Labute approximate surface area is 108 Å². The van der Waals surface area contributed by atoms with Crippen LogP contribution >= 0.6 is 11.3 Å². The summed E-state index contributed by atoms with van der Waals surface area (Å²) >= 11 is 1.31. The summed E-state index contributed by atoms with van der Waals surface area (Å²) in [6, 6.07) is 8.47. The zero-order valence-corrected chi connectivity index (χ0v) is 10.6. The van der Waals surface area contributed by atoms with E-state index in [9.17, 15) is 9.59 Å². The van der Waals surface area contributed by atoms with Crippen molar-refractivity contribution in [2.75, 3.05) is 11.1 Å². The lowest BCUT2D eigenvalue weighted by Gasteiger charge is -2.05. The van der Waals surface area contributed by atoms with Crippen molar-refractivity contribution in [2.24, 2.45) is 0 Å². The predicted molar refractivity (Wildman–Crippen MR) is 73.1 cm³/mol. The van der Waals surface area contributed by atoms with Gasteiger partial charge < -0.3 is 11.1 Å². The maximum atomic E-state index is 11.9. The van der Waals surface area contributed by atoms with E-state index in [1.54, 1.807) is 35.7 Å². The molecule has 18 heavy (non-hydrogen) atoms. The molecule has 92 valence electrons. The molecule has 5 heteroatoms. The van der Waals surface area contributed by atoms with Gasteiger partial charge in [-0.2, -0.15) is 0 Å². The van der Waals surface area contributed by atoms with Gasteiger partial charge >= 0.3 is 0 Å². The van der Waals surface area contributed by atoms with Crippen LogP contribution in [0.1, 0.15) is 27.6 Å². The van der Waals surface area contributed by atoms with Crippen molar-refractivity contribution >= 4 is 33.7 Å². The van der Waals surface area contributed by atoms with Gasteiger partial charge in [0.2, 0.25) is 0 Å². The molecule has 0 aliphatic rings. The van der Waals surface area contributed by atoms with E-state index >= 15 is 0 Å². The molecule has 2 rings (SSSR count). The van der Waals surface area contributed by atoms with Crippen LogP contribution in [0.4, 0.5) is 10.7 Å². The first-order valence-corrected chi connectivity index (χ1v) is 6.21. The van der Waals surface area contributed by atoms with E-state index in [4.69, 9.17) is 5.73 Å². The zero-order valence-electron chi connectivity index (χ0n) is 9.77. The Morgan fingerprint density at radius 1 is 1.28 bits per heavy atom. The number of thiophene rings is 1. The van der Waals surface area contributed by atoms with Crippen molar-refractivity contribution in [2.45, 2.75) is 6.92 Å². The molecule has 0 spiro atoms. The summed E-state index contributed by atoms with van der Waals surface area (Å²) in [5, 5.41) is 4.96. The third-order valence-electron chi connectivity index (χ3n) is 2.47. The van der Waals surface area contributed by atoms with Gasteiger partial charge in [0.25, 0.3) is 5.91 Å². The van der Waals surface area contributed by atoms with E-state index < -0.39 is 0 Å². The van der Waals surface area contributed by atoms with E-state index in [1.807, 2.05) is 0 Å². The molecule has 0 atom stereocenters. The van der Waals surface area contributed by atoms with Crippen LogP contribution < -0.4 is 11.1 Å². The number of amides is 1. The van der Waals surface area contributed by atoms with E-state index in [1.165, 1.54) is 18.3 Å². The number of benzene rings is 1. The van der Waals surface area contributed by atoms with Crippen molar-refractivity contribution in [1.82, 2.24) is 0 Å². The number of hydrogen-bond acceptors (Lipinski definition) is 4. The fourth-order valence-electron chi connectivity index (χ4n) is 1.52. The second-order valence-electron chi connectivity index (χ2n) is 3.79. The summed E-state index contributed by atoms with van der Waals surface area (Å²) in [4.78, 5) is 23.1. The minimum Gasteiger partial charge on any atom is -0.390 e. The lowest BCUT2D eigenvalue weighted by Crippen LogP contribution is -2.12. The maximum absolute atomic E-state index is 11.9. The maximum Gasteiger partial charge on any atom is 0.258 e. The van der Waals surface area contributed by atoms with Crippen LogP contribution in [0.25, 0.3) is 0 Å². The number of nitrogens with two attached hydrogens (primary N) is 1. The van der Waals surface area contributed by atoms with Crippen LogP contribution in [-0.2, 0) is 0 Å². The largest absolute Gasteiger partial charge is 0.390 e. The molecule has 0 aliphatic carbocycles. The highest BCUT2D eigenvalue weighted by atomic mass is 32.1. The fraction of sp³-hybridized carbons (Fsp3) is 0.0769. The van der Waals surface area contributed by atoms with Gasteiger partial charge in [0.05, 0.1) is 10.6 Å². The summed E-state index contributed by atoms with van der Waals surface area (Å²) < 4.78 is 0. The standard InChI is InChI=1S/C13H12N2O2S/c1-8(16)9-3-2-4-10(7-9)15-13(17)11-5-6-18-12(11)14/h2-7H,14H2,1H3,(H,15,17). The van der Waals surface area contributed by atoms with Gasteiger partial charge in [-0.1, -0.05) is 12.1 Å². The Morgan fingerprint density at radius 2 is 2.06 bits per heavy atom. The van der Waals surface area contributed by atoms with E-state index in [0.29, 0.717) is 21.8 Å². The van der Waals surface area contributed by atoms with Crippen LogP contribution in [0.5, 0.6) is 0 Å². The normalized spacial score (nSPS) is 10.1. The highest BCUT2D eigenvalue weighted by Gasteiger charge is 2.11. The number of nitrogens with one attached hydrogen (secondary N) is 1. The van der Waals surface area contributed by atoms with Gasteiger partial charge in [0, 0.05) is 11.3 Å². The number of hydrogen-bond donors (Lipinski definition) is 2. The van der Waals surface area contributed by atoms with Crippen molar-refractivity contribution < 1.29 is 9.59 Å². The van der Waals surface area contributed by atoms with Gasteiger partial charge in [-0.05, 0) is 30.5 Å². The average Bonchev–Trinajstić information content (AvgIpc) is 2.76. The molecule has 4 nitrogen and oxygen atoms in total. The summed E-state index contributed by atoms with van der Waals surface area (Å²) in [6.45, 7) is 1.48. The molecular formula is C13H12N2O2S. The predicted octanol–water partition coefficient (Wildman–Crippen LogP) is 2.79. The molecule has 1 amide bonds. The van der Waals surface area contributed by atoms with Crippen LogP contribution in [0.15, 0.2) is 35.7 Å². The quantitative estimate of drug-likeness (QED) is 0.833. The summed E-state index contributed by atoms with van der Waals surface area (Å²) in [5.74, 6) is -0.310. The van der Waals surface area contributed by atoms with Crippen molar-refractivity contribution in [3.63, 3.8) is 0 Å². The molecule has 3 N–H and O–H groups in total. The second kappa shape index (κ2) is 5.01. The van der Waals surface area contributed by atoms with Crippen LogP contribution in [0.3, 0.4) is 0 Å². The molecule has 0 aliphatic heterocycles. The Balaban J connectivity index is 2.20. The van der Waals surface area contributed by atoms with Crippen molar-refractivity contribution in [1.29, 1.82) is 0 Å². The van der Waals surface area contributed by atoms with Gasteiger partial charge in [-0.15, -0.1) is 11.3 Å². The Kier molecular flexibility index (Phi) is 3.43. The van der Waals surface area contributed by atoms with E-state index in [0.717, 1.165) is 0 Å². The first kappa shape index (κ1) is 12.3. The molecule has 0 bridgehead atoms. The summed E-state index contributed by atoms with van der Waals surface area (Å²) in [6.07, 6.45) is 0. The third kappa shape index (κ3) is 2.57. The van der Waals surface area contributed by atoms with Gasteiger partial charge in [0.1, 0.15) is 0 Å². The molecule has 0 unspecified atom stereocenters. The molecule has 0 saturated heterocycles. The molecule has 0 radical (unpaired) electrons. The minimum absolute atomic E-state index is 0.0406. The number of nitrogen functional groups attached to an aromatic ring is 1. The summed E-state index contributed by atoms with van der Waals surface area (Å²) in [7, 11) is 0. The zero-order chi connectivity index (χ0) is 13.1. The molecule has 0 saturated carbocycles. The molecule has 1 heterocycles. The molecule has 1 aromatic heterocycles. The smallest absolute Gasteiger partial charge is 0.258 e. The lowest BCUT2D eigenvalue weighted by atomic mass is 10.1. The number of anilines is 2. The number of carbonyl (C=O) groups is 2. The average molecular weight is 260 g/mol. The highest BCUT2D eigenvalue weighted by Crippen LogP contribution is 2.20. The highest BCUT2D eigenvalue weighted by molar-refractivity contribution is 7.14. The van der Waals surface area contributed by atoms with E-state index in [2.05, 4.69) is 5.32 Å². The first-order chi connectivity index (χ1) is 8.58. The Hall–Kier alpha value is -2.14. The molecule has 2 aromatic rings. The van der Waals surface area contributed by atoms with Gasteiger partial charge in [0.15, 0.2) is 5.78 Å². The first-order valence-electron chi connectivity index (χ1n) is 5.33. The monoisotopic (exact) mass is 260 g/mol. The topological polar surface area (TPSA) is 72.2 Å². The Morgan fingerprint density at radius 3 is 2.67 bits per heavy atom. The number of ketones is 1. The minimum atomic E-state index is -0.269. The van der Waals surface area contributed by atoms with Crippen molar-refractivity contribution in [3.8, 4) is 0 Å². The van der Waals surface area contributed by atoms with Gasteiger partial charge in [-0.3, -0.25) is 9.59 Å². The molecule has 1 aromatic carbocycles. The van der Waals surface area contributed by atoms with E-state index in [-0.39, 0.29) is 11.7 Å². The van der Waals surface area contributed by atoms with Crippen LogP contribution in [0, 0.1) is 0 Å². The SMILES string of the molecule is CC(=O)c1cccc(NC(=O)c2ccsc2N)c1. The second-order valence-corrected chi connectivity index (χ2v) is 4.74. The fourth-order valence-corrected chi connectivity index (χ4v) is 2.16. The van der Waals surface area contributed by atoms with Crippen LogP contribution in [-0.4, -0.2) is 11.7 Å². The van der Waals surface area contributed by atoms with Crippen LogP contribution in [0.2, 0.25) is 0 Å². The third-order valence-corrected chi connectivity index (χ3v) is 3.21. The van der Waals surface area contributed by atoms with Crippen molar-refractivity contribution in [3.05, 3.63) is 46.8 Å². The van der Waals surface area contributed by atoms with Gasteiger partial charge in [-0.25, -0.2) is 0 Å². The number of Topliss-reactive ketones (excluding diaryl/α,β-unsaturated/α-hetero) is 1. The summed E-state index contributed by atoms with van der Waals surface area (Å²) in [5.41, 5.74) is 7.27. The lowest BCUT2D eigenvalue weighted by molar-refractivity contribution is 0.101. The molecular weight excluding hydrogens is 248 g/mol. The molecule has 0 fully saturated rings. The number of rotatable bonds is 3. The Bertz CT molecular complexity index is 605. The number of carbonyl (C=O) groups excluding carboxylic acids is 2.